The highest BCUT2D eigenvalue weighted by molar-refractivity contribution is 5.90. The molecule has 0 unspecified atom stereocenters. The molecule has 19 heavy (non-hydrogen) atoms. The molecule has 0 saturated heterocycles. The average molecular weight is 261 g/mol. The van der Waals surface area contributed by atoms with Crippen molar-refractivity contribution >= 4 is 17.4 Å². The third kappa shape index (κ3) is 5.95. The van der Waals surface area contributed by atoms with E-state index >= 15 is 0 Å². The molecule has 2 amide bonds. The fourth-order valence-corrected chi connectivity index (χ4v) is 1.40. The molecule has 0 fully saturated rings. The molecule has 1 aromatic carbocycles. The number of benzene rings is 1. The zero-order valence-electron chi connectivity index (χ0n) is 12.3. The van der Waals surface area contributed by atoms with Crippen LogP contribution in [0.15, 0.2) is 36.5 Å². The Morgan fingerprint density at radius 2 is 1.95 bits per heavy atom. The number of urea groups is 1. The summed E-state index contributed by atoms with van der Waals surface area (Å²) < 4.78 is 0. The summed E-state index contributed by atoms with van der Waals surface area (Å²) in [5.74, 6) is 0. The minimum absolute atomic E-state index is 0.0537. The van der Waals surface area contributed by atoms with E-state index < -0.39 is 0 Å². The van der Waals surface area contributed by atoms with Gasteiger partial charge in [-0.15, -0.1) is 0 Å². The van der Waals surface area contributed by atoms with Crippen LogP contribution >= 0.6 is 0 Å². The van der Waals surface area contributed by atoms with Crippen molar-refractivity contribution in [2.24, 2.45) is 5.41 Å². The summed E-state index contributed by atoms with van der Waals surface area (Å²) in [6.07, 6.45) is 3.62. The number of nitrogens with zero attached hydrogens (tertiary/aromatic N) is 1. The molecule has 2 N–H and O–H groups in total. The smallest absolute Gasteiger partial charge is 0.323 e. The number of carbonyl (C=O) groups excluding carboxylic acids is 1. The first-order valence-electron chi connectivity index (χ1n) is 6.30. The van der Waals surface area contributed by atoms with E-state index in [4.69, 9.17) is 0 Å². The topological polar surface area (TPSA) is 44.4 Å². The van der Waals surface area contributed by atoms with Gasteiger partial charge in [-0.1, -0.05) is 32.9 Å². The maximum absolute atomic E-state index is 11.7. The van der Waals surface area contributed by atoms with Crippen molar-refractivity contribution in [3.8, 4) is 0 Å². The molecule has 0 bridgehead atoms. The number of hydrogen-bond acceptors (Lipinski definition) is 2. The van der Waals surface area contributed by atoms with Gasteiger partial charge in [0.15, 0.2) is 0 Å². The Balaban J connectivity index is 2.58. The van der Waals surface area contributed by atoms with Gasteiger partial charge in [-0.3, -0.25) is 0 Å². The summed E-state index contributed by atoms with van der Waals surface area (Å²) >= 11 is 0. The molecule has 1 aromatic rings. The molecule has 0 spiro atoms. The normalized spacial score (nSPS) is 11.4. The fourth-order valence-electron chi connectivity index (χ4n) is 1.40. The van der Waals surface area contributed by atoms with Crippen LogP contribution in [0.5, 0.6) is 0 Å². The summed E-state index contributed by atoms with van der Waals surface area (Å²) in [4.78, 5) is 13.7. The molecule has 4 heteroatoms. The molecule has 0 aliphatic carbocycles. The van der Waals surface area contributed by atoms with Crippen LogP contribution in [0.1, 0.15) is 20.8 Å². The van der Waals surface area contributed by atoms with Crippen molar-refractivity contribution < 1.29 is 4.79 Å². The highest BCUT2D eigenvalue weighted by Gasteiger charge is 2.05. The standard InChI is InChI=1S/C15H23N3O/c1-15(2,3)9-10-16-14(19)17-12-7-6-8-13(11-12)18(4)5/h6-11H,1-5H3,(H2,16,17,19)/b10-9+. The van der Waals surface area contributed by atoms with Gasteiger partial charge in [-0.25, -0.2) is 4.79 Å². The minimum Gasteiger partial charge on any atom is -0.378 e. The van der Waals surface area contributed by atoms with Crippen LogP contribution in [0.4, 0.5) is 16.2 Å². The highest BCUT2D eigenvalue weighted by atomic mass is 16.2. The van der Waals surface area contributed by atoms with Crippen LogP contribution in [-0.4, -0.2) is 20.1 Å². The lowest BCUT2D eigenvalue weighted by Crippen LogP contribution is -2.24. The molecule has 0 aliphatic heterocycles. The molecule has 0 aliphatic rings. The van der Waals surface area contributed by atoms with Crippen molar-refractivity contribution in [3.63, 3.8) is 0 Å². The Morgan fingerprint density at radius 3 is 2.53 bits per heavy atom. The van der Waals surface area contributed by atoms with E-state index in [1.807, 2.05) is 49.3 Å². The highest BCUT2D eigenvalue weighted by Crippen LogP contribution is 2.17. The summed E-state index contributed by atoms with van der Waals surface area (Å²) in [6, 6.07) is 7.45. The predicted octanol–water partition coefficient (Wildman–Crippen LogP) is 3.43. The number of allylic oxidation sites excluding steroid dienone is 1. The lowest BCUT2D eigenvalue weighted by molar-refractivity contribution is 0.255. The van der Waals surface area contributed by atoms with Crippen LogP contribution in [-0.2, 0) is 0 Å². The van der Waals surface area contributed by atoms with Gasteiger partial charge < -0.3 is 15.5 Å². The third-order valence-corrected chi connectivity index (χ3v) is 2.42. The molecule has 4 nitrogen and oxygen atoms in total. The first-order valence-corrected chi connectivity index (χ1v) is 6.30. The minimum atomic E-state index is -0.239. The summed E-state index contributed by atoms with van der Waals surface area (Å²) in [5.41, 5.74) is 1.87. The zero-order valence-corrected chi connectivity index (χ0v) is 12.3. The second-order valence-electron chi connectivity index (χ2n) is 5.74. The van der Waals surface area contributed by atoms with Crippen LogP contribution < -0.4 is 15.5 Å². The van der Waals surface area contributed by atoms with Gasteiger partial charge in [0.1, 0.15) is 0 Å². The number of nitrogens with one attached hydrogen (secondary N) is 2. The van der Waals surface area contributed by atoms with Gasteiger partial charge in [-0.2, -0.15) is 0 Å². The maximum Gasteiger partial charge on any atom is 0.323 e. The van der Waals surface area contributed by atoms with Gasteiger partial charge >= 0.3 is 6.03 Å². The van der Waals surface area contributed by atoms with Crippen molar-refractivity contribution in [3.05, 3.63) is 36.5 Å². The lowest BCUT2D eigenvalue weighted by Gasteiger charge is -2.14. The van der Waals surface area contributed by atoms with E-state index in [9.17, 15) is 4.79 Å². The van der Waals surface area contributed by atoms with Crippen LogP contribution in [0.25, 0.3) is 0 Å². The van der Waals surface area contributed by atoms with Gasteiger partial charge in [0.05, 0.1) is 0 Å². The first kappa shape index (κ1) is 15.1. The van der Waals surface area contributed by atoms with E-state index in [2.05, 4.69) is 31.4 Å². The Hall–Kier alpha value is -1.97. The van der Waals surface area contributed by atoms with Gasteiger partial charge in [0, 0.05) is 31.7 Å². The SMILES string of the molecule is CN(C)c1cccc(NC(=O)N/C=C/C(C)(C)C)c1. The maximum atomic E-state index is 11.7. The monoisotopic (exact) mass is 261 g/mol. The lowest BCUT2D eigenvalue weighted by atomic mass is 9.97. The Labute approximate surface area is 115 Å². The molecule has 0 heterocycles. The molecule has 0 radical (unpaired) electrons. The molecular formula is C15H23N3O. The van der Waals surface area contributed by atoms with Crippen molar-refractivity contribution in [2.75, 3.05) is 24.3 Å². The molecular weight excluding hydrogens is 238 g/mol. The van der Waals surface area contributed by atoms with Crippen molar-refractivity contribution in [1.82, 2.24) is 5.32 Å². The van der Waals surface area contributed by atoms with E-state index in [0.29, 0.717) is 0 Å². The summed E-state index contributed by atoms with van der Waals surface area (Å²) in [7, 11) is 3.93. The van der Waals surface area contributed by atoms with E-state index in [1.165, 1.54) is 0 Å². The largest absolute Gasteiger partial charge is 0.378 e. The fraction of sp³-hybridized carbons (Fsp3) is 0.400. The molecule has 0 atom stereocenters. The van der Waals surface area contributed by atoms with Gasteiger partial charge in [-0.05, 0) is 23.6 Å². The van der Waals surface area contributed by atoms with Crippen LogP contribution in [0.3, 0.4) is 0 Å². The van der Waals surface area contributed by atoms with Crippen molar-refractivity contribution in [2.45, 2.75) is 20.8 Å². The quantitative estimate of drug-likeness (QED) is 0.875. The van der Waals surface area contributed by atoms with E-state index in [-0.39, 0.29) is 11.4 Å². The van der Waals surface area contributed by atoms with Crippen LogP contribution in [0, 0.1) is 5.41 Å². The molecule has 1 rings (SSSR count). The number of hydrogen-bond donors (Lipinski definition) is 2. The van der Waals surface area contributed by atoms with Crippen LogP contribution in [0.2, 0.25) is 0 Å². The number of rotatable bonds is 3. The Kier molecular flexibility index (Phi) is 4.98. The van der Waals surface area contributed by atoms with Crippen molar-refractivity contribution in [1.29, 1.82) is 0 Å². The second kappa shape index (κ2) is 6.27. The number of carbonyl (C=O) groups is 1. The number of anilines is 2. The Bertz CT molecular complexity index is 459. The first-order chi connectivity index (χ1) is 8.78. The van der Waals surface area contributed by atoms with Gasteiger partial charge in [0.2, 0.25) is 0 Å². The molecule has 0 aromatic heterocycles. The van der Waals surface area contributed by atoms with E-state index in [1.54, 1.807) is 6.20 Å². The summed E-state index contributed by atoms with van der Waals surface area (Å²) in [5, 5.41) is 5.49. The third-order valence-electron chi connectivity index (χ3n) is 2.42. The number of amides is 2. The second-order valence-corrected chi connectivity index (χ2v) is 5.74. The molecule has 0 saturated carbocycles. The predicted molar refractivity (Wildman–Crippen MR) is 81.5 cm³/mol. The zero-order chi connectivity index (χ0) is 14.5. The average Bonchev–Trinajstić information content (AvgIpc) is 2.27. The molecule has 104 valence electrons. The Morgan fingerprint density at radius 1 is 1.26 bits per heavy atom. The van der Waals surface area contributed by atoms with E-state index in [0.717, 1.165) is 11.4 Å². The van der Waals surface area contributed by atoms with Gasteiger partial charge in [0.25, 0.3) is 0 Å². The summed E-state index contributed by atoms with van der Waals surface area (Å²) in [6.45, 7) is 6.22.